The van der Waals surface area contributed by atoms with Crippen LogP contribution in [-0.2, 0) is 21.2 Å². The highest BCUT2D eigenvalue weighted by molar-refractivity contribution is 9.10. The second-order valence-corrected chi connectivity index (χ2v) is 14.7. The number of carbonyl (C=O) groups excluding carboxylic acids is 1. The van der Waals surface area contributed by atoms with Crippen molar-refractivity contribution in [3.8, 4) is 17.1 Å². The largest absolute Gasteiger partial charge is 0.378 e. The normalized spacial score (nSPS) is 16.0. The third-order valence-corrected chi connectivity index (χ3v) is 10.8. The molecule has 1 aliphatic rings. The van der Waals surface area contributed by atoms with Gasteiger partial charge in [0.15, 0.2) is 5.65 Å². The predicted molar refractivity (Wildman–Crippen MR) is 176 cm³/mol. The van der Waals surface area contributed by atoms with Crippen LogP contribution in [0.15, 0.2) is 34.9 Å². The molecule has 43 heavy (non-hydrogen) atoms. The van der Waals surface area contributed by atoms with Gasteiger partial charge in [0.2, 0.25) is 10.0 Å². The quantitative estimate of drug-likeness (QED) is 0.231. The van der Waals surface area contributed by atoms with Crippen molar-refractivity contribution in [2.24, 2.45) is 0 Å². The molecular formula is C31H40BrN7O3S. The Balaban J connectivity index is 1.45. The SMILES string of the molecule is CCS(=O)(=O)N1CC[C@H](Nc2c(Br)cnc3nc(-c4cc(C)n(-c5cccc(CC(=O)CCN(C)C)c5C)c4C)[nH]c23)C1. The molecule has 0 saturated carbocycles. The molecule has 1 fully saturated rings. The summed E-state index contributed by atoms with van der Waals surface area (Å²) in [4.78, 5) is 27.6. The molecule has 1 atom stereocenters. The molecule has 0 aliphatic carbocycles. The number of aromatic amines is 1. The first-order valence-electron chi connectivity index (χ1n) is 14.6. The number of benzene rings is 1. The molecule has 3 aromatic heterocycles. The summed E-state index contributed by atoms with van der Waals surface area (Å²) in [6.07, 6.45) is 3.40. The van der Waals surface area contributed by atoms with Crippen LogP contribution in [0, 0.1) is 20.8 Å². The number of ketones is 1. The monoisotopic (exact) mass is 669 g/mol. The van der Waals surface area contributed by atoms with Gasteiger partial charge in [0.05, 0.1) is 15.9 Å². The number of fused-ring (bicyclic) bond motifs is 1. The number of Topliss-reactive ketones (excluding diaryl/α,β-unsaturated/α-hetero) is 1. The number of rotatable bonds is 11. The molecule has 5 rings (SSSR count). The Morgan fingerprint density at radius 3 is 2.72 bits per heavy atom. The number of anilines is 1. The van der Waals surface area contributed by atoms with Gasteiger partial charge in [0.1, 0.15) is 17.1 Å². The van der Waals surface area contributed by atoms with Gasteiger partial charge >= 0.3 is 0 Å². The average Bonchev–Trinajstić information content (AvgIpc) is 3.68. The van der Waals surface area contributed by atoms with E-state index < -0.39 is 10.0 Å². The summed E-state index contributed by atoms with van der Waals surface area (Å²) in [7, 11) is 0.733. The molecule has 1 saturated heterocycles. The van der Waals surface area contributed by atoms with Crippen LogP contribution in [0.1, 0.15) is 42.3 Å². The zero-order valence-electron chi connectivity index (χ0n) is 25.7. The summed E-state index contributed by atoms with van der Waals surface area (Å²) in [5, 5.41) is 3.54. The molecule has 230 valence electrons. The predicted octanol–water partition coefficient (Wildman–Crippen LogP) is 5.00. The molecule has 1 aliphatic heterocycles. The van der Waals surface area contributed by atoms with Crippen LogP contribution in [0.4, 0.5) is 5.69 Å². The molecule has 12 heteroatoms. The number of aryl methyl sites for hydroxylation is 1. The van der Waals surface area contributed by atoms with E-state index in [0.717, 1.165) is 62.4 Å². The molecule has 10 nitrogen and oxygen atoms in total. The van der Waals surface area contributed by atoms with Crippen molar-refractivity contribution in [2.45, 2.75) is 53.0 Å². The number of imidazole rings is 1. The van der Waals surface area contributed by atoms with Crippen molar-refractivity contribution in [3.63, 3.8) is 0 Å². The minimum Gasteiger partial charge on any atom is -0.378 e. The van der Waals surface area contributed by atoms with E-state index in [9.17, 15) is 13.2 Å². The minimum atomic E-state index is -3.23. The van der Waals surface area contributed by atoms with Crippen LogP contribution in [0.25, 0.3) is 28.2 Å². The lowest BCUT2D eigenvalue weighted by molar-refractivity contribution is -0.118. The number of H-pyrrole nitrogens is 1. The van der Waals surface area contributed by atoms with Crippen molar-refractivity contribution in [2.75, 3.05) is 44.8 Å². The first kappa shape index (κ1) is 31.4. The van der Waals surface area contributed by atoms with Crippen LogP contribution in [-0.4, -0.2) is 88.4 Å². The van der Waals surface area contributed by atoms with E-state index in [4.69, 9.17) is 4.98 Å². The van der Waals surface area contributed by atoms with Crippen molar-refractivity contribution in [1.29, 1.82) is 0 Å². The fraction of sp³-hybridized carbons (Fsp3) is 0.452. The molecule has 4 aromatic rings. The summed E-state index contributed by atoms with van der Waals surface area (Å²) >= 11 is 3.63. The van der Waals surface area contributed by atoms with E-state index in [-0.39, 0.29) is 17.6 Å². The number of pyridine rings is 1. The van der Waals surface area contributed by atoms with Gasteiger partial charge in [-0.25, -0.2) is 18.4 Å². The summed E-state index contributed by atoms with van der Waals surface area (Å²) in [6, 6.07) is 8.25. The number of aromatic nitrogens is 4. The highest BCUT2D eigenvalue weighted by atomic mass is 79.9. The summed E-state index contributed by atoms with van der Waals surface area (Å²) in [6.45, 7) is 9.59. The number of sulfonamides is 1. The van der Waals surface area contributed by atoms with Crippen LogP contribution < -0.4 is 5.32 Å². The molecule has 4 heterocycles. The molecule has 0 unspecified atom stereocenters. The van der Waals surface area contributed by atoms with Gasteiger partial charge in [0, 0.05) is 67.4 Å². The maximum Gasteiger partial charge on any atom is 0.213 e. The Morgan fingerprint density at radius 2 is 2.00 bits per heavy atom. The molecule has 2 N–H and O–H groups in total. The van der Waals surface area contributed by atoms with Crippen molar-refractivity contribution >= 4 is 48.6 Å². The fourth-order valence-corrected chi connectivity index (χ4v) is 7.38. The maximum atomic E-state index is 12.7. The van der Waals surface area contributed by atoms with E-state index >= 15 is 0 Å². The highest BCUT2D eigenvalue weighted by Gasteiger charge is 2.31. The Morgan fingerprint density at radius 1 is 1.23 bits per heavy atom. The lowest BCUT2D eigenvalue weighted by Crippen LogP contribution is -2.32. The first-order valence-corrected chi connectivity index (χ1v) is 17.0. The van der Waals surface area contributed by atoms with Crippen molar-refractivity contribution in [3.05, 3.63) is 57.4 Å². The number of halogens is 1. The van der Waals surface area contributed by atoms with Crippen LogP contribution in [0.5, 0.6) is 0 Å². The maximum absolute atomic E-state index is 12.7. The zero-order chi connectivity index (χ0) is 31.1. The lowest BCUT2D eigenvalue weighted by Gasteiger charge is -2.17. The third kappa shape index (κ3) is 6.43. The second kappa shape index (κ2) is 12.5. The minimum absolute atomic E-state index is 0.0231. The van der Waals surface area contributed by atoms with Crippen LogP contribution >= 0.6 is 15.9 Å². The number of hydrogen-bond donors (Lipinski definition) is 2. The van der Waals surface area contributed by atoms with E-state index in [2.05, 4.69) is 68.7 Å². The van der Waals surface area contributed by atoms with Crippen molar-refractivity contribution < 1.29 is 13.2 Å². The lowest BCUT2D eigenvalue weighted by atomic mass is 10.00. The highest BCUT2D eigenvalue weighted by Crippen LogP contribution is 2.35. The van der Waals surface area contributed by atoms with Gasteiger partial charge in [-0.3, -0.25) is 4.79 Å². The second-order valence-electron chi connectivity index (χ2n) is 11.6. The standard InChI is InChI=1S/C31H40BrN7O3S/c1-7-43(41,42)38-14-11-23(18-38)34-28-26(32)17-33-31-29(28)35-30(36-31)25-15-19(2)39(21(25)4)27-10-8-9-22(20(27)3)16-24(40)12-13-37(5)6/h8-10,15,17,23H,7,11-14,16,18H2,1-6H3,(H2,33,34,35,36)/t23-/m0/s1. The van der Waals surface area contributed by atoms with E-state index in [0.29, 0.717) is 37.4 Å². The van der Waals surface area contributed by atoms with Gasteiger partial charge < -0.3 is 19.8 Å². The van der Waals surface area contributed by atoms with Crippen LogP contribution in [0.3, 0.4) is 0 Å². The third-order valence-electron chi connectivity index (χ3n) is 8.30. The molecule has 0 amide bonds. The summed E-state index contributed by atoms with van der Waals surface area (Å²) in [5.41, 5.74) is 8.39. The smallest absolute Gasteiger partial charge is 0.213 e. The summed E-state index contributed by atoms with van der Waals surface area (Å²) in [5.74, 6) is 1.04. The Labute approximate surface area is 262 Å². The fourth-order valence-electron chi connectivity index (χ4n) is 5.81. The van der Waals surface area contributed by atoms with Gasteiger partial charge in [0.25, 0.3) is 0 Å². The van der Waals surface area contributed by atoms with Crippen molar-refractivity contribution in [1.82, 2.24) is 28.7 Å². The van der Waals surface area contributed by atoms with E-state index in [1.165, 1.54) is 0 Å². The molecule has 0 radical (unpaired) electrons. The van der Waals surface area contributed by atoms with E-state index in [1.54, 1.807) is 17.4 Å². The number of nitrogens with one attached hydrogen (secondary N) is 2. The average molecular weight is 671 g/mol. The Bertz CT molecular complexity index is 1780. The van der Waals surface area contributed by atoms with Gasteiger partial charge in [-0.05, 0) is 87.4 Å². The number of carbonyl (C=O) groups is 1. The Kier molecular flexibility index (Phi) is 9.12. The van der Waals surface area contributed by atoms with Gasteiger partial charge in [-0.15, -0.1) is 0 Å². The number of hydrogen-bond acceptors (Lipinski definition) is 7. The molecule has 0 bridgehead atoms. The first-order chi connectivity index (χ1) is 20.4. The van der Waals surface area contributed by atoms with Crippen LogP contribution in [0.2, 0.25) is 0 Å². The molecule has 1 aromatic carbocycles. The molecular weight excluding hydrogens is 630 g/mol. The molecule has 0 spiro atoms. The zero-order valence-corrected chi connectivity index (χ0v) is 28.1. The van der Waals surface area contributed by atoms with E-state index in [1.807, 2.05) is 31.1 Å². The topological polar surface area (TPSA) is 116 Å². The Hall–Kier alpha value is -3.06. The number of nitrogens with zero attached hydrogens (tertiary/aromatic N) is 5. The summed E-state index contributed by atoms with van der Waals surface area (Å²) < 4.78 is 29.3. The van der Waals surface area contributed by atoms with Gasteiger partial charge in [-0.2, -0.15) is 4.31 Å². The van der Waals surface area contributed by atoms with Gasteiger partial charge in [-0.1, -0.05) is 12.1 Å².